The van der Waals surface area contributed by atoms with E-state index < -0.39 is 11.6 Å². The Morgan fingerprint density at radius 2 is 2.21 bits per heavy atom. The predicted molar refractivity (Wildman–Crippen MR) is 52.7 cm³/mol. The fraction of sp³-hybridized carbons (Fsp3) is 0.300. The molecule has 1 atom stereocenters. The maximum Gasteiger partial charge on any atom is 0.408 e. The summed E-state index contributed by atoms with van der Waals surface area (Å²) in [5.41, 5.74) is 6.89. The van der Waals surface area contributed by atoms with E-state index in [1.54, 1.807) is 0 Å². The number of nitrogen functional groups attached to an aromatic ring is 1. The van der Waals surface area contributed by atoms with Crippen LogP contribution < -0.4 is 11.1 Å². The van der Waals surface area contributed by atoms with Gasteiger partial charge in [0.2, 0.25) is 0 Å². The van der Waals surface area contributed by atoms with Crippen molar-refractivity contribution in [2.24, 2.45) is 0 Å². The standard InChI is InChI=1S/C10H12N2O2/c1-10(6-14-9(13)12-10)7-4-2-3-5-8(7)11/h2-5H,6,11H2,1H3,(H,12,13). The van der Waals surface area contributed by atoms with Crippen LogP contribution in [0, 0.1) is 0 Å². The molecule has 1 aliphatic rings. The third kappa shape index (κ3) is 1.28. The van der Waals surface area contributed by atoms with E-state index in [1.165, 1.54) is 0 Å². The van der Waals surface area contributed by atoms with Gasteiger partial charge in [0, 0.05) is 11.3 Å². The second kappa shape index (κ2) is 2.90. The highest BCUT2D eigenvalue weighted by molar-refractivity contribution is 5.72. The minimum absolute atomic E-state index is 0.319. The van der Waals surface area contributed by atoms with Gasteiger partial charge in [-0.05, 0) is 13.0 Å². The zero-order chi connectivity index (χ0) is 10.2. The summed E-state index contributed by atoms with van der Waals surface area (Å²) in [6, 6.07) is 7.45. The van der Waals surface area contributed by atoms with Gasteiger partial charge >= 0.3 is 6.09 Å². The lowest BCUT2D eigenvalue weighted by Crippen LogP contribution is -2.37. The van der Waals surface area contributed by atoms with Crippen LogP contribution in [-0.2, 0) is 10.3 Å². The molecule has 1 aromatic carbocycles. The fourth-order valence-electron chi connectivity index (χ4n) is 1.65. The van der Waals surface area contributed by atoms with Crippen molar-refractivity contribution in [2.45, 2.75) is 12.5 Å². The number of benzene rings is 1. The van der Waals surface area contributed by atoms with E-state index in [2.05, 4.69) is 5.32 Å². The van der Waals surface area contributed by atoms with Crippen LogP contribution in [0.2, 0.25) is 0 Å². The monoisotopic (exact) mass is 192 g/mol. The van der Waals surface area contributed by atoms with E-state index in [4.69, 9.17) is 10.5 Å². The smallest absolute Gasteiger partial charge is 0.408 e. The zero-order valence-corrected chi connectivity index (χ0v) is 7.91. The Labute approximate surface area is 82.1 Å². The Morgan fingerprint density at radius 1 is 1.50 bits per heavy atom. The molecule has 1 unspecified atom stereocenters. The quantitative estimate of drug-likeness (QED) is 0.657. The number of rotatable bonds is 1. The number of amides is 1. The first kappa shape index (κ1) is 8.87. The van der Waals surface area contributed by atoms with E-state index in [0.29, 0.717) is 12.3 Å². The molecule has 1 amide bonds. The summed E-state index contributed by atoms with van der Waals surface area (Å²) in [5, 5.41) is 2.75. The van der Waals surface area contributed by atoms with Gasteiger partial charge in [-0.25, -0.2) is 4.79 Å². The van der Waals surface area contributed by atoms with Crippen molar-refractivity contribution in [2.75, 3.05) is 12.3 Å². The summed E-state index contributed by atoms with van der Waals surface area (Å²) < 4.78 is 4.87. The Morgan fingerprint density at radius 3 is 2.79 bits per heavy atom. The molecule has 4 nitrogen and oxygen atoms in total. The Hall–Kier alpha value is -1.71. The van der Waals surface area contributed by atoms with Gasteiger partial charge in [0.25, 0.3) is 0 Å². The number of hydrogen-bond donors (Lipinski definition) is 2. The van der Waals surface area contributed by atoms with Gasteiger partial charge in [0.05, 0.1) is 0 Å². The molecule has 1 aromatic rings. The SMILES string of the molecule is CC1(c2ccccc2N)COC(=O)N1. The molecule has 4 heteroatoms. The van der Waals surface area contributed by atoms with Crippen LogP contribution in [0.25, 0.3) is 0 Å². The number of para-hydroxylation sites is 1. The van der Waals surface area contributed by atoms with E-state index in [1.807, 2.05) is 31.2 Å². The minimum atomic E-state index is -0.498. The van der Waals surface area contributed by atoms with E-state index >= 15 is 0 Å². The number of anilines is 1. The topological polar surface area (TPSA) is 64.3 Å². The van der Waals surface area contributed by atoms with Crippen LogP contribution in [0.5, 0.6) is 0 Å². The van der Waals surface area contributed by atoms with Crippen molar-refractivity contribution in [1.29, 1.82) is 0 Å². The first-order valence-electron chi connectivity index (χ1n) is 4.42. The first-order chi connectivity index (χ1) is 6.62. The molecule has 0 spiro atoms. The lowest BCUT2D eigenvalue weighted by Gasteiger charge is -2.22. The van der Waals surface area contributed by atoms with Crippen molar-refractivity contribution in [3.63, 3.8) is 0 Å². The molecule has 0 saturated carbocycles. The number of hydrogen-bond acceptors (Lipinski definition) is 3. The lowest BCUT2D eigenvalue weighted by atomic mass is 9.92. The van der Waals surface area contributed by atoms with E-state index in [-0.39, 0.29) is 0 Å². The second-order valence-corrected chi connectivity index (χ2v) is 3.62. The number of alkyl carbamates (subject to hydrolysis) is 1. The average molecular weight is 192 g/mol. The molecule has 1 saturated heterocycles. The Kier molecular flexibility index (Phi) is 1.84. The summed E-state index contributed by atoms with van der Waals surface area (Å²) in [6.07, 6.45) is -0.393. The van der Waals surface area contributed by atoms with Crippen molar-refractivity contribution in [3.05, 3.63) is 29.8 Å². The van der Waals surface area contributed by atoms with Crippen molar-refractivity contribution in [3.8, 4) is 0 Å². The molecule has 1 fully saturated rings. The number of nitrogens with two attached hydrogens (primary N) is 1. The molecular weight excluding hydrogens is 180 g/mol. The lowest BCUT2D eigenvalue weighted by molar-refractivity contribution is 0.173. The van der Waals surface area contributed by atoms with Crippen molar-refractivity contribution in [1.82, 2.24) is 5.32 Å². The number of nitrogens with one attached hydrogen (secondary N) is 1. The molecule has 1 aliphatic heterocycles. The highest BCUT2D eigenvalue weighted by atomic mass is 16.6. The second-order valence-electron chi connectivity index (χ2n) is 3.62. The Balaban J connectivity index is 2.40. The normalized spacial score (nSPS) is 25.6. The summed E-state index contributed by atoms with van der Waals surface area (Å²) in [6.45, 7) is 2.21. The highest BCUT2D eigenvalue weighted by Gasteiger charge is 2.37. The van der Waals surface area contributed by atoms with Gasteiger partial charge in [-0.2, -0.15) is 0 Å². The molecule has 14 heavy (non-hydrogen) atoms. The van der Waals surface area contributed by atoms with Gasteiger partial charge in [-0.3, -0.25) is 0 Å². The summed E-state index contributed by atoms with van der Waals surface area (Å²) >= 11 is 0. The summed E-state index contributed by atoms with van der Waals surface area (Å²) in [7, 11) is 0. The predicted octanol–water partition coefficient (Wildman–Crippen LogP) is 1.22. The average Bonchev–Trinajstić information content (AvgIpc) is 2.48. The third-order valence-corrected chi connectivity index (χ3v) is 2.43. The van der Waals surface area contributed by atoms with Gasteiger partial charge < -0.3 is 15.8 Å². The third-order valence-electron chi connectivity index (χ3n) is 2.43. The summed E-state index contributed by atoms with van der Waals surface area (Å²) in [5.74, 6) is 0. The number of ether oxygens (including phenoxy) is 1. The maximum atomic E-state index is 11.0. The van der Waals surface area contributed by atoms with E-state index in [9.17, 15) is 4.79 Å². The van der Waals surface area contributed by atoms with Gasteiger partial charge in [-0.15, -0.1) is 0 Å². The fourth-order valence-corrected chi connectivity index (χ4v) is 1.65. The molecule has 0 bridgehead atoms. The zero-order valence-electron chi connectivity index (χ0n) is 7.91. The molecule has 2 rings (SSSR count). The minimum Gasteiger partial charge on any atom is -0.447 e. The number of carbonyl (C=O) groups is 1. The van der Waals surface area contributed by atoms with Crippen LogP contribution in [0.3, 0.4) is 0 Å². The van der Waals surface area contributed by atoms with Gasteiger partial charge in [0.15, 0.2) is 0 Å². The maximum absolute atomic E-state index is 11.0. The van der Waals surface area contributed by atoms with Crippen LogP contribution in [0.1, 0.15) is 12.5 Å². The highest BCUT2D eigenvalue weighted by Crippen LogP contribution is 2.29. The van der Waals surface area contributed by atoms with Gasteiger partial charge in [-0.1, -0.05) is 18.2 Å². The van der Waals surface area contributed by atoms with Crippen LogP contribution in [0.4, 0.5) is 10.5 Å². The van der Waals surface area contributed by atoms with Crippen LogP contribution >= 0.6 is 0 Å². The number of cyclic esters (lactones) is 1. The molecule has 74 valence electrons. The van der Waals surface area contributed by atoms with Crippen LogP contribution in [0.15, 0.2) is 24.3 Å². The molecule has 0 radical (unpaired) electrons. The number of carbonyl (C=O) groups excluding carboxylic acids is 1. The molecule has 0 aromatic heterocycles. The van der Waals surface area contributed by atoms with Gasteiger partial charge in [0.1, 0.15) is 12.1 Å². The summed E-state index contributed by atoms with van der Waals surface area (Å²) in [4.78, 5) is 11.0. The largest absolute Gasteiger partial charge is 0.447 e. The first-order valence-corrected chi connectivity index (χ1v) is 4.42. The van der Waals surface area contributed by atoms with Crippen molar-refractivity contribution >= 4 is 11.8 Å². The molecule has 3 N–H and O–H groups in total. The Bertz CT molecular complexity index is 378. The van der Waals surface area contributed by atoms with Crippen LogP contribution in [-0.4, -0.2) is 12.7 Å². The van der Waals surface area contributed by atoms with E-state index in [0.717, 1.165) is 5.56 Å². The molecular formula is C10H12N2O2. The molecule has 0 aliphatic carbocycles. The van der Waals surface area contributed by atoms with Crippen molar-refractivity contribution < 1.29 is 9.53 Å². The molecule has 1 heterocycles.